The molecular weight excluding hydrogens is 498 g/mol. The zero-order chi connectivity index (χ0) is 29.5. The largest absolute Gasteiger partial charge is 0.393 e. The van der Waals surface area contributed by atoms with Crippen LogP contribution in [0.5, 0.6) is 0 Å². The van der Waals surface area contributed by atoms with E-state index in [2.05, 4.69) is 91.6 Å². The van der Waals surface area contributed by atoms with E-state index in [9.17, 15) is 10.3 Å². The maximum absolute atomic E-state index is 9.46. The van der Waals surface area contributed by atoms with Crippen molar-refractivity contribution in [1.82, 2.24) is 15.3 Å². The number of allylic oxidation sites excluding steroid dienone is 3. The third kappa shape index (κ3) is 10.5. The minimum absolute atomic E-state index is 0.229. The Morgan fingerprint density at radius 1 is 1.02 bits per heavy atom. The van der Waals surface area contributed by atoms with E-state index in [-0.39, 0.29) is 12.0 Å². The van der Waals surface area contributed by atoms with Gasteiger partial charge in [-0.3, -0.25) is 5.21 Å². The number of nitrogens with one attached hydrogen (secondary N) is 3. The van der Waals surface area contributed by atoms with Crippen LogP contribution in [0.3, 0.4) is 0 Å². The Hall–Kier alpha value is -3.68. The number of hydrogen-bond donors (Lipinski definition) is 5. The van der Waals surface area contributed by atoms with E-state index >= 15 is 0 Å². The summed E-state index contributed by atoms with van der Waals surface area (Å²) in [6.45, 7) is 16.3. The highest BCUT2D eigenvalue weighted by molar-refractivity contribution is 5.81. The normalized spacial score (nSPS) is 14.6. The van der Waals surface area contributed by atoms with Gasteiger partial charge in [0.2, 0.25) is 0 Å². The molecule has 1 aromatic heterocycles. The van der Waals surface area contributed by atoms with Gasteiger partial charge in [-0.05, 0) is 74.6 Å². The number of para-hydroxylation sites is 2. The van der Waals surface area contributed by atoms with E-state index in [1.54, 1.807) is 0 Å². The highest BCUT2D eigenvalue weighted by atomic mass is 16.5. The SMILES string of the molecule is C=C(CC)NC1=CC(C(C)O)CC=C1.CCCC.CCc1cc(C)cc(Nc2nc3ccccc3nc2NO)c1. The molecule has 3 aromatic rings. The van der Waals surface area contributed by atoms with Gasteiger partial charge < -0.3 is 15.7 Å². The minimum Gasteiger partial charge on any atom is -0.393 e. The van der Waals surface area contributed by atoms with Crippen LogP contribution in [0.2, 0.25) is 0 Å². The average Bonchev–Trinajstić information content (AvgIpc) is 2.97. The Bertz CT molecular complexity index is 1280. The second-order valence-corrected chi connectivity index (χ2v) is 9.95. The van der Waals surface area contributed by atoms with Gasteiger partial charge >= 0.3 is 0 Å². The highest BCUT2D eigenvalue weighted by Crippen LogP contribution is 2.26. The zero-order valence-electron chi connectivity index (χ0n) is 25.0. The lowest BCUT2D eigenvalue weighted by Crippen LogP contribution is -2.20. The fourth-order valence-electron chi connectivity index (χ4n) is 3.86. The molecule has 0 saturated heterocycles. The van der Waals surface area contributed by atoms with E-state index in [1.807, 2.05) is 43.3 Å². The second kappa shape index (κ2) is 17.1. The first-order valence-corrected chi connectivity index (χ1v) is 14.3. The third-order valence-electron chi connectivity index (χ3n) is 6.45. The van der Waals surface area contributed by atoms with Crippen molar-refractivity contribution in [1.29, 1.82) is 0 Å². The molecule has 0 spiro atoms. The van der Waals surface area contributed by atoms with E-state index < -0.39 is 0 Å². The summed E-state index contributed by atoms with van der Waals surface area (Å²) in [4.78, 5) is 8.90. The fraction of sp³-hybridized carbons (Fsp3) is 0.394. The Morgan fingerprint density at radius 3 is 2.23 bits per heavy atom. The number of aliphatic hydroxyl groups excluding tert-OH is 1. The molecule has 1 heterocycles. The van der Waals surface area contributed by atoms with Crippen molar-refractivity contribution >= 4 is 28.4 Å². The number of nitrogens with zero attached hydrogens (tertiary/aromatic N) is 2. The average molecular weight is 546 g/mol. The van der Waals surface area contributed by atoms with Gasteiger partial charge in [0, 0.05) is 23.0 Å². The lowest BCUT2D eigenvalue weighted by Gasteiger charge is -2.20. The predicted octanol–water partition coefficient (Wildman–Crippen LogP) is 8.19. The van der Waals surface area contributed by atoms with Gasteiger partial charge in [-0.25, -0.2) is 15.4 Å². The van der Waals surface area contributed by atoms with Crippen LogP contribution in [0.4, 0.5) is 17.3 Å². The number of fused-ring (bicyclic) bond motifs is 1. The smallest absolute Gasteiger partial charge is 0.194 e. The van der Waals surface area contributed by atoms with E-state index in [0.29, 0.717) is 11.6 Å². The van der Waals surface area contributed by atoms with Gasteiger partial charge in [0.05, 0.1) is 17.1 Å². The first-order valence-electron chi connectivity index (χ1n) is 14.3. The van der Waals surface area contributed by atoms with Crippen LogP contribution in [-0.2, 0) is 6.42 Å². The Kier molecular flexibility index (Phi) is 13.9. The topological polar surface area (TPSA) is 102 Å². The number of anilines is 3. The molecule has 2 atom stereocenters. The summed E-state index contributed by atoms with van der Waals surface area (Å²) < 4.78 is 0. The molecule has 0 aliphatic heterocycles. The van der Waals surface area contributed by atoms with Crippen molar-refractivity contribution in [3.63, 3.8) is 0 Å². The molecule has 1 aliphatic rings. The zero-order valence-corrected chi connectivity index (χ0v) is 25.0. The summed E-state index contributed by atoms with van der Waals surface area (Å²) in [6, 6.07) is 13.8. The molecule has 4 rings (SSSR count). The van der Waals surface area contributed by atoms with E-state index in [0.717, 1.165) is 47.4 Å². The summed E-state index contributed by atoms with van der Waals surface area (Å²) in [6.07, 6.45) is 11.4. The van der Waals surface area contributed by atoms with Gasteiger partial charge in [0.25, 0.3) is 0 Å². The molecular formula is C33H47N5O2. The summed E-state index contributed by atoms with van der Waals surface area (Å²) in [5.74, 6) is 1.03. The van der Waals surface area contributed by atoms with Crippen molar-refractivity contribution in [2.75, 3.05) is 10.8 Å². The van der Waals surface area contributed by atoms with Crippen LogP contribution in [0, 0.1) is 12.8 Å². The maximum atomic E-state index is 9.46. The van der Waals surface area contributed by atoms with E-state index in [4.69, 9.17) is 0 Å². The van der Waals surface area contributed by atoms with Crippen molar-refractivity contribution in [3.05, 3.63) is 89.8 Å². The molecule has 1 aliphatic carbocycles. The molecule has 0 bridgehead atoms. The quantitative estimate of drug-likeness (QED) is 0.173. The van der Waals surface area contributed by atoms with Crippen molar-refractivity contribution in [2.45, 2.75) is 79.8 Å². The molecule has 0 radical (unpaired) electrons. The van der Waals surface area contributed by atoms with Gasteiger partial charge in [0.1, 0.15) is 0 Å². The molecule has 2 aromatic carbocycles. The second-order valence-electron chi connectivity index (χ2n) is 9.95. The Balaban J connectivity index is 0.000000267. The van der Waals surface area contributed by atoms with Crippen molar-refractivity contribution in [2.24, 2.45) is 5.92 Å². The summed E-state index contributed by atoms with van der Waals surface area (Å²) in [5, 5.41) is 25.2. The van der Waals surface area contributed by atoms with Crippen LogP contribution >= 0.6 is 0 Å². The molecule has 7 nitrogen and oxygen atoms in total. The van der Waals surface area contributed by atoms with Gasteiger partial charge in [-0.15, -0.1) is 0 Å². The van der Waals surface area contributed by atoms with Crippen LogP contribution < -0.4 is 16.1 Å². The Morgan fingerprint density at radius 2 is 1.68 bits per heavy atom. The Labute approximate surface area is 240 Å². The molecule has 0 saturated carbocycles. The first-order chi connectivity index (χ1) is 19.2. The lowest BCUT2D eigenvalue weighted by molar-refractivity contribution is 0.149. The first kappa shape index (κ1) is 32.5. The fourth-order valence-corrected chi connectivity index (χ4v) is 3.86. The number of aryl methyl sites for hydroxylation is 2. The number of hydrogen-bond acceptors (Lipinski definition) is 7. The van der Waals surface area contributed by atoms with Crippen molar-refractivity contribution < 1.29 is 10.3 Å². The summed E-state index contributed by atoms with van der Waals surface area (Å²) >= 11 is 0. The monoisotopic (exact) mass is 545 g/mol. The summed E-state index contributed by atoms with van der Waals surface area (Å²) in [5.41, 5.74) is 9.02. The molecule has 2 unspecified atom stereocenters. The molecule has 40 heavy (non-hydrogen) atoms. The molecule has 0 fully saturated rings. The predicted molar refractivity (Wildman–Crippen MR) is 169 cm³/mol. The molecule has 216 valence electrons. The van der Waals surface area contributed by atoms with Gasteiger partial charge in [-0.2, -0.15) is 0 Å². The van der Waals surface area contributed by atoms with Crippen LogP contribution in [-0.4, -0.2) is 26.4 Å². The highest BCUT2D eigenvalue weighted by Gasteiger charge is 2.14. The van der Waals surface area contributed by atoms with E-state index in [1.165, 1.54) is 24.0 Å². The standard InChI is InChI=1S/C17H18N4O.C12H19NO.C4H10/c1-3-12-8-11(2)9-13(10-12)18-16-17(21-22)20-15-7-5-4-6-14(15)19-16;1-4-9(2)13-12-7-5-6-11(8-12)10(3)14;1-3-4-2/h4-10,22H,3H2,1-2H3,(H,18,19)(H,20,21);5,7-8,10-11,13-14H,2,4,6H2,1,3H3;3-4H2,1-2H3. The van der Waals surface area contributed by atoms with Gasteiger partial charge in [-0.1, -0.05) is 77.5 Å². The molecule has 5 N–H and O–H groups in total. The number of rotatable bonds is 9. The van der Waals surface area contributed by atoms with Crippen LogP contribution in [0.25, 0.3) is 11.0 Å². The minimum atomic E-state index is -0.286. The van der Waals surface area contributed by atoms with Crippen LogP contribution in [0.1, 0.15) is 71.4 Å². The summed E-state index contributed by atoms with van der Waals surface area (Å²) in [7, 11) is 0. The van der Waals surface area contributed by atoms with Crippen LogP contribution in [0.15, 0.2) is 78.7 Å². The number of benzene rings is 2. The van der Waals surface area contributed by atoms with Gasteiger partial charge in [0.15, 0.2) is 11.6 Å². The lowest BCUT2D eigenvalue weighted by atomic mass is 9.94. The van der Waals surface area contributed by atoms with Crippen molar-refractivity contribution in [3.8, 4) is 0 Å². The number of aliphatic hydroxyl groups is 1. The molecule has 0 amide bonds. The number of aromatic nitrogens is 2. The maximum Gasteiger partial charge on any atom is 0.194 e. The molecule has 7 heteroatoms. The number of unbranched alkanes of at least 4 members (excludes halogenated alkanes) is 1. The third-order valence-corrected chi connectivity index (χ3v) is 6.45.